The van der Waals surface area contributed by atoms with Crippen molar-refractivity contribution in [1.29, 1.82) is 0 Å². The van der Waals surface area contributed by atoms with Crippen molar-refractivity contribution < 1.29 is 17.2 Å². The lowest BCUT2D eigenvalue weighted by atomic mass is 10.6. The highest BCUT2D eigenvalue weighted by atomic mass is 32.3. The van der Waals surface area contributed by atoms with E-state index in [1.165, 1.54) is 11.8 Å². The number of nitrogens with zero attached hydrogens (tertiary/aromatic N) is 1. The smallest absolute Gasteiger partial charge is 0.283 e. The Balaban J connectivity index is 3.93. The van der Waals surface area contributed by atoms with Gasteiger partial charge in [0.05, 0.1) is 0 Å². The molecule has 0 amide bonds. The molecule has 0 aliphatic heterocycles. The Kier molecular flexibility index (Phi) is 3.23. The van der Waals surface area contributed by atoms with Crippen LogP contribution in [0.1, 0.15) is 6.92 Å². The molecule has 0 aliphatic rings. The van der Waals surface area contributed by atoms with Gasteiger partial charge in [0, 0.05) is 0 Å². The van der Waals surface area contributed by atoms with E-state index in [1.54, 1.807) is 14.1 Å². The number of rotatable bonds is 3. The first kappa shape index (κ1) is 9.83. The van der Waals surface area contributed by atoms with Gasteiger partial charge in [0.1, 0.15) is 6.23 Å². The molecule has 62 valence electrons. The lowest BCUT2D eigenvalue weighted by molar-refractivity contribution is 0.0750. The molecule has 0 aromatic carbocycles. The molecule has 0 saturated heterocycles. The molecule has 0 rings (SSSR count). The Morgan fingerprint density at radius 3 is 2.00 bits per heavy atom. The van der Waals surface area contributed by atoms with Gasteiger partial charge in [-0.1, -0.05) is 0 Å². The average molecular weight is 169 g/mol. The average Bonchev–Trinajstić information content (AvgIpc) is 1.60. The maximum Gasteiger partial charge on any atom is 0.398 e. The highest BCUT2D eigenvalue weighted by Crippen LogP contribution is 1.97. The van der Waals surface area contributed by atoms with Crippen LogP contribution in [0, 0.1) is 0 Å². The quantitative estimate of drug-likeness (QED) is 0.464. The molecular formula is C4H11NO4S. The van der Waals surface area contributed by atoms with Crippen LogP contribution in [0.3, 0.4) is 0 Å². The molecule has 0 bridgehead atoms. The zero-order valence-electron chi connectivity index (χ0n) is 6.10. The Hall–Kier alpha value is -0.170. The minimum Gasteiger partial charge on any atom is -0.283 e. The molecule has 0 saturated carbocycles. The largest absolute Gasteiger partial charge is 0.398 e. The van der Waals surface area contributed by atoms with Crippen molar-refractivity contribution in [2.24, 2.45) is 0 Å². The lowest BCUT2D eigenvalue weighted by Gasteiger charge is -2.16. The van der Waals surface area contributed by atoms with E-state index in [1.807, 2.05) is 0 Å². The summed E-state index contributed by atoms with van der Waals surface area (Å²) in [5.41, 5.74) is 0. The van der Waals surface area contributed by atoms with Crippen molar-refractivity contribution in [2.45, 2.75) is 13.2 Å². The van der Waals surface area contributed by atoms with Gasteiger partial charge < -0.3 is 0 Å². The molecule has 0 spiro atoms. The van der Waals surface area contributed by atoms with Gasteiger partial charge in [0.15, 0.2) is 0 Å². The summed E-state index contributed by atoms with van der Waals surface area (Å²) in [6.07, 6.45) is -0.644. The van der Waals surface area contributed by atoms with Crippen LogP contribution in [0.15, 0.2) is 0 Å². The van der Waals surface area contributed by atoms with E-state index in [0.717, 1.165) is 0 Å². The summed E-state index contributed by atoms with van der Waals surface area (Å²) in [5.74, 6) is 0. The third-order valence-corrected chi connectivity index (χ3v) is 1.51. The molecule has 5 nitrogen and oxygen atoms in total. The predicted molar refractivity (Wildman–Crippen MR) is 35.8 cm³/mol. The van der Waals surface area contributed by atoms with E-state index in [4.69, 9.17) is 4.55 Å². The van der Waals surface area contributed by atoms with Crippen molar-refractivity contribution >= 4 is 10.4 Å². The molecule has 1 atom stereocenters. The van der Waals surface area contributed by atoms with Gasteiger partial charge in [-0.2, -0.15) is 8.42 Å². The Morgan fingerprint density at radius 2 is 1.90 bits per heavy atom. The maximum atomic E-state index is 10.1. The highest BCUT2D eigenvalue weighted by Gasteiger charge is 2.12. The van der Waals surface area contributed by atoms with Crippen molar-refractivity contribution in [1.82, 2.24) is 4.90 Å². The minimum atomic E-state index is -4.31. The molecule has 1 unspecified atom stereocenters. The Labute approximate surface area is 60.5 Å². The summed E-state index contributed by atoms with van der Waals surface area (Å²) in [4.78, 5) is 1.51. The topological polar surface area (TPSA) is 66.8 Å². The Morgan fingerprint density at radius 1 is 1.50 bits per heavy atom. The fourth-order valence-corrected chi connectivity index (χ4v) is 0.786. The SMILES string of the molecule is CC(OS(=O)(=O)O)N(C)C. The van der Waals surface area contributed by atoms with Gasteiger partial charge in [-0.15, -0.1) is 0 Å². The zero-order chi connectivity index (χ0) is 8.36. The molecule has 10 heavy (non-hydrogen) atoms. The van der Waals surface area contributed by atoms with Crippen molar-refractivity contribution in [3.05, 3.63) is 0 Å². The molecule has 0 aromatic heterocycles. The van der Waals surface area contributed by atoms with Crippen LogP contribution in [0.2, 0.25) is 0 Å². The third kappa shape index (κ3) is 4.68. The van der Waals surface area contributed by atoms with Crippen LogP contribution in [-0.2, 0) is 14.6 Å². The second kappa shape index (κ2) is 3.29. The van der Waals surface area contributed by atoms with E-state index in [9.17, 15) is 8.42 Å². The lowest BCUT2D eigenvalue weighted by Crippen LogP contribution is -2.29. The standard InChI is InChI=1S/C4H11NO4S/c1-4(5(2)3)9-10(6,7)8/h4H,1-3H3,(H,6,7,8). The summed E-state index contributed by atoms with van der Waals surface area (Å²) < 4.78 is 32.4. The molecular weight excluding hydrogens is 158 g/mol. The van der Waals surface area contributed by atoms with Crippen LogP contribution in [-0.4, -0.2) is 38.2 Å². The van der Waals surface area contributed by atoms with E-state index >= 15 is 0 Å². The summed E-state index contributed by atoms with van der Waals surface area (Å²) >= 11 is 0. The second-order valence-corrected chi connectivity index (χ2v) is 3.13. The van der Waals surface area contributed by atoms with Crippen LogP contribution < -0.4 is 0 Å². The minimum absolute atomic E-state index is 0.644. The molecule has 0 heterocycles. The fourth-order valence-electron chi connectivity index (χ4n) is 0.262. The second-order valence-electron chi connectivity index (χ2n) is 2.09. The normalized spacial score (nSPS) is 15.7. The van der Waals surface area contributed by atoms with Crippen LogP contribution in [0.5, 0.6) is 0 Å². The van der Waals surface area contributed by atoms with E-state index in [0.29, 0.717) is 0 Å². The molecule has 0 radical (unpaired) electrons. The number of hydrogen-bond donors (Lipinski definition) is 1. The van der Waals surface area contributed by atoms with Crippen molar-refractivity contribution in [2.75, 3.05) is 14.1 Å². The summed E-state index contributed by atoms with van der Waals surface area (Å²) in [6.45, 7) is 1.51. The van der Waals surface area contributed by atoms with Gasteiger partial charge in [0.2, 0.25) is 0 Å². The van der Waals surface area contributed by atoms with Crippen LogP contribution in [0.25, 0.3) is 0 Å². The fraction of sp³-hybridized carbons (Fsp3) is 1.00. The van der Waals surface area contributed by atoms with Crippen LogP contribution >= 0.6 is 0 Å². The molecule has 0 fully saturated rings. The Bertz CT molecular complexity index is 185. The van der Waals surface area contributed by atoms with Crippen molar-refractivity contribution in [3.63, 3.8) is 0 Å². The third-order valence-electron chi connectivity index (χ3n) is 0.988. The molecule has 0 aromatic rings. The maximum absolute atomic E-state index is 10.1. The molecule has 6 heteroatoms. The monoisotopic (exact) mass is 169 g/mol. The number of hydrogen-bond acceptors (Lipinski definition) is 4. The molecule has 0 aliphatic carbocycles. The summed E-state index contributed by atoms with van der Waals surface area (Å²) in [6, 6.07) is 0. The summed E-state index contributed by atoms with van der Waals surface area (Å²) in [7, 11) is -1.04. The first-order chi connectivity index (χ1) is 4.33. The van der Waals surface area contributed by atoms with Gasteiger partial charge in [0.25, 0.3) is 0 Å². The van der Waals surface area contributed by atoms with Crippen LogP contribution in [0.4, 0.5) is 0 Å². The zero-order valence-corrected chi connectivity index (χ0v) is 6.92. The van der Waals surface area contributed by atoms with E-state index in [2.05, 4.69) is 4.18 Å². The summed E-state index contributed by atoms with van der Waals surface area (Å²) in [5, 5.41) is 0. The molecule has 1 N–H and O–H groups in total. The highest BCUT2D eigenvalue weighted by molar-refractivity contribution is 7.80. The van der Waals surface area contributed by atoms with Gasteiger partial charge in [-0.05, 0) is 21.0 Å². The van der Waals surface area contributed by atoms with Gasteiger partial charge in [-0.3, -0.25) is 9.45 Å². The first-order valence-corrected chi connectivity index (χ1v) is 4.01. The van der Waals surface area contributed by atoms with Gasteiger partial charge in [-0.25, -0.2) is 4.18 Å². The predicted octanol–water partition coefficient (Wildman–Crippen LogP) is -0.287. The van der Waals surface area contributed by atoms with E-state index < -0.39 is 16.6 Å². The van der Waals surface area contributed by atoms with Crippen molar-refractivity contribution in [3.8, 4) is 0 Å². The van der Waals surface area contributed by atoms with E-state index in [-0.39, 0.29) is 0 Å². The first-order valence-electron chi connectivity index (χ1n) is 2.65. The van der Waals surface area contributed by atoms with Gasteiger partial charge >= 0.3 is 10.4 Å².